The van der Waals surface area contributed by atoms with Crippen molar-refractivity contribution in [1.29, 1.82) is 0 Å². The number of piperazine rings is 1. The van der Waals surface area contributed by atoms with Crippen LogP contribution in [0.15, 0.2) is 21.9 Å². The van der Waals surface area contributed by atoms with Crippen LogP contribution in [0.3, 0.4) is 0 Å². The van der Waals surface area contributed by atoms with E-state index < -0.39 is 0 Å². The van der Waals surface area contributed by atoms with Crippen LogP contribution in [0.4, 0.5) is 5.82 Å². The third-order valence-electron chi connectivity index (χ3n) is 6.00. The van der Waals surface area contributed by atoms with Crippen molar-refractivity contribution in [2.75, 3.05) is 37.6 Å². The predicted molar refractivity (Wildman–Crippen MR) is 129 cm³/mol. The average Bonchev–Trinajstić information content (AvgIpc) is 2.74. The van der Waals surface area contributed by atoms with Gasteiger partial charge in [0, 0.05) is 61.7 Å². The van der Waals surface area contributed by atoms with Gasteiger partial charge >= 0.3 is 5.69 Å². The molecule has 8 heteroatoms. The lowest BCUT2D eigenvalue weighted by Gasteiger charge is -2.36. The zero-order chi connectivity index (χ0) is 23.5. The van der Waals surface area contributed by atoms with Gasteiger partial charge in [-0.3, -0.25) is 14.7 Å². The summed E-state index contributed by atoms with van der Waals surface area (Å²) in [7, 11) is 0. The lowest BCUT2D eigenvalue weighted by Crippen LogP contribution is -2.47. The Morgan fingerprint density at radius 1 is 1.03 bits per heavy atom. The molecule has 3 rings (SSSR count). The quantitative estimate of drug-likeness (QED) is 0.664. The molecule has 0 saturated carbocycles. The Kier molecular flexibility index (Phi) is 7.54. The van der Waals surface area contributed by atoms with Crippen LogP contribution in [0.1, 0.15) is 70.5 Å². The average molecular weight is 443 g/mol. The fourth-order valence-electron chi connectivity index (χ4n) is 3.85. The molecule has 0 unspecified atom stereocenters. The molecule has 0 amide bonds. The zero-order valence-electron chi connectivity index (χ0n) is 20.4. The Balaban J connectivity index is 1.52. The van der Waals surface area contributed by atoms with Gasteiger partial charge in [0.15, 0.2) is 0 Å². The molecule has 1 fully saturated rings. The standard InChI is InChI=1S/C24H38N6O2/c1-17(2)19-15-20(26-22(25-19)24(4,5)6)29-13-11-28(12-14-29)9-7-8-10-30-16-18(3)21(31)27-23(30)32/h15-17H,7-14H2,1-6H3,(H,27,31,32). The highest BCUT2D eigenvalue weighted by Crippen LogP contribution is 2.25. The number of hydrogen-bond donors (Lipinski definition) is 1. The second kappa shape index (κ2) is 9.98. The smallest absolute Gasteiger partial charge is 0.328 e. The predicted octanol–water partition coefficient (Wildman–Crippen LogP) is 2.66. The number of aromatic amines is 1. The normalized spacial score (nSPS) is 15.5. The molecule has 1 N–H and O–H groups in total. The Morgan fingerprint density at radius 3 is 2.31 bits per heavy atom. The van der Waals surface area contributed by atoms with E-state index in [2.05, 4.69) is 55.5 Å². The third-order valence-corrected chi connectivity index (χ3v) is 6.00. The summed E-state index contributed by atoms with van der Waals surface area (Å²) in [6.07, 6.45) is 3.58. The molecular formula is C24H38N6O2. The van der Waals surface area contributed by atoms with E-state index in [1.165, 1.54) is 0 Å². The van der Waals surface area contributed by atoms with Gasteiger partial charge in [-0.1, -0.05) is 34.6 Å². The maximum atomic E-state index is 11.9. The van der Waals surface area contributed by atoms with E-state index in [4.69, 9.17) is 9.97 Å². The van der Waals surface area contributed by atoms with Gasteiger partial charge in [0.1, 0.15) is 11.6 Å². The molecule has 0 bridgehead atoms. The second-order valence-corrected chi connectivity index (χ2v) is 10.2. The highest BCUT2D eigenvalue weighted by atomic mass is 16.2. The first-order valence-electron chi connectivity index (χ1n) is 11.7. The monoisotopic (exact) mass is 442 g/mol. The van der Waals surface area contributed by atoms with Gasteiger partial charge < -0.3 is 9.47 Å². The summed E-state index contributed by atoms with van der Waals surface area (Å²) in [4.78, 5) is 40.3. The van der Waals surface area contributed by atoms with Crippen molar-refractivity contribution < 1.29 is 0 Å². The number of unbranched alkanes of at least 4 members (excludes halogenated alkanes) is 1. The molecule has 0 aromatic carbocycles. The molecule has 176 valence electrons. The number of aryl methyl sites for hydroxylation is 2. The van der Waals surface area contributed by atoms with Gasteiger partial charge in [0.25, 0.3) is 5.56 Å². The van der Waals surface area contributed by atoms with Gasteiger partial charge in [0.2, 0.25) is 0 Å². The Morgan fingerprint density at radius 2 is 1.69 bits per heavy atom. The van der Waals surface area contributed by atoms with Crippen molar-refractivity contribution >= 4 is 5.82 Å². The van der Waals surface area contributed by atoms with Crippen molar-refractivity contribution in [3.8, 4) is 0 Å². The van der Waals surface area contributed by atoms with Gasteiger partial charge in [-0.05, 0) is 32.2 Å². The van der Waals surface area contributed by atoms with Crippen LogP contribution in [0, 0.1) is 6.92 Å². The van der Waals surface area contributed by atoms with Crippen molar-refractivity contribution in [1.82, 2.24) is 24.4 Å². The first kappa shape index (κ1) is 24.2. The van der Waals surface area contributed by atoms with Crippen molar-refractivity contribution in [3.63, 3.8) is 0 Å². The third kappa shape index (κ3) is 6.06. The molecule has 1 aliphatic rings. The molecule has 0 radical (unpaired) electrons. The highest BCUT2D eigenvalue weighted by Gasteiger charge is 2.23. The maximum Gasteiger partial charge on any atom is 0.328 e. The molecule has 32 heavy (non-hydrogen) atoms. The molecule has 1 aliphatic heterocycles. The van der Waals surface area contributed by atoms with Crippen molar-refractivity contribution in [2.45, 2.75) is 72.3 Å². The van der Waals surface area contributed by atoms with Gasteiger partial charge in [-0.25, -0.2) is 14.8 Å². The number of hydrogen-bond acceptors (Lipinski definition) is 6. The van der Waals surface area contributed by atoms with Crippen molar-refractivity contribution in [3.05, 3.63) is 50.2 Å². The molecule has 0 atom stereocenters. The lowest BCUT2D eigenvalue weighted by atomic mass is 9.95. The molecule has 2 aromatic heterocycles. The minimum absolute atomic E-state index is 0.0756. The maximum absolute atomic E-state index is 11.9. The Hall–Kier alpha value is -2.48. The van der Waals surface area contributed by atoms with E-state index in [0.717, 1.165) is 62.9 Å². The topological polar surface area (TPSA) is 87.1 Å². The zero-order valence-corrected chi connectivity index (χ0v) is 20.4. The number of H-pyrrole nitrogens is 1. The summed E-state index contributed by atoms with van der Waals surface area (Å²) in [5, 5.41) is 0. The summed E-state index contributed by atoms with van der Waals surface area (Å²) in [5.41, 5.74) is 0.974. The number of anilines is 1. The number of rotatable bonds is 7. The Bertz CT molecular complexity index is 1030. The summed E-state index contributed by atoms with van der Waals surface area (Å²) in [6.45, 7) is 18.1. The summed E-state index contributed by atoms with van der Waals surface area (Å²) < 4.78 is 1.60. The van der Waals surface area contributed by atoms with E-state index in [-0.39, 0.29) is 16.7 Å². The molecule has 2 aromatic rings. The van der Waals surface area contributed by atoms with Crippen molar-refractivity contribution in [2.24, 2.45) is 0 Å². The molecule has 0 spiro atoms. The number of aromatic nitrogens is 4. The molecule has 8 nitrogen and oxygen atoms in total. The lowest BCUT2D eigenvalue weighted by molar-refractivity contribution is 0.250. The largest absolute Gasteiger partial charge is 0.354 e. The van der Waals surface area contributed by atoms with Crippen LogP contribution in [-0.2, 0) is 12.0 Å². The van der Waals surface area contributed by atoms with E-state index >= 15 is 0 Å². The van der Waals surface area contributed by atoms with Gasteiger partial charge in [-0.15, -0.1) is 0 Å². The molecular weight excluding hydrogens is 404 g/mol. The summed E-state index contributed by atoms with van der Waals surface area (Å²) in [5.74, 6) is 2.33. The van der Waals surface area contributed by atoms with E-state index in [9.17, 15) is 9.59 Å². The Labute approximate surface area is 190 Å². The fourth-order valence-corrected chi connectivity index (χ4v) is 3.85. The van der Waals surface area contributed by atoms with Crippen LogP contribution in [0.5, 0.6) is 0 Å². The second-order valence-electron chi connectivity index (χ2n) is 10.2. The summed E-state index contributed by atoms with van der Waals surface area (Å²) in [6, 6.07) is 2.15. The minimum atomic E-state index is -0.325. The fraction of sp³-hybridized carbons (Fsp3) is 0.667. The molecule has 0 aliphatic carbocycles. The van der Waals surface area contributed by atoms with Crippen LogP contribution < -0.4 is 16.1 Å². The first-order valence-corrected chi connectivity index (χ1v) is 11.7. The van der Waals surface area contributed by atoms with Crippen LogP contribution in [-0.4, -0.2) is 57.1 Å². The van der Waals surface area contributed by atoms with Crippen LogP contribution in [0.25, 0.3) is 0 Å². The van der Waals surface area contributed by atoms with Gasteiger partial charge in [0.05, 0.1) is 0 Å². The first-order chi connectivity index (χ1) is 15.0. The molecule has 3 heterocycles. The molecule has 1 saturated heterocycles. The SMILES string of the molecule is Cc1cn(CCCCN2CCN(c3cc(C(C)C)nc(C(C)(C)C)n3)CC2)c(=O)[nH]c1=O. The number of nitrogens with zero attached hydrogens (tertiary/aromatic N) is 5. The highest BCUT2D eigenvalue weighted by molar-refractivity contribution is 5.42. The van der Waals surface area contributed by atoms with E-state index in [1.807, 2.05) is 0 Å². The summed E-state index contributed by atoms with van der Waals surface area (Å²) >= 11 is 0. The van der Waals surface area contributed by atoms with E-state index in [0.29, 0.717) is 18.0 Å². The van der Waals surface area contributed by atoms with E-state index in [1.54, 1.807) is 17.7 Å². The van der Waals surface area contributed by atoms with Crippen LogP contribution >= 0.6 is 0 Å². The number of nitrogens with one attached hydrogen (secondary N) is 1. The minimum Gasteiger partial charge on any atom is -0.354 e. The van der Waals surface area contributed by atoms with Crippen LogP contribution in [0.2, 0.25) is 0 Å². The van der Waals surface area contributed by atoms with Gasteiger partial charge in [-0.2, -0.15) is 0 Å².